The van der Waals surface area contributed by atoms with Crippen LogP contribution in [0.4, 0.5) is 0 Å². The van der Waals surface area contributed by atoms with Crippen molar-refractivity contribution in [3.05, 3.63) is 70.2 Å². The van der Waals surface area contributed by atoms with Gasteiger partial charge < -0.3 is 10.2 Å². The molecule has 1 aliphatic rings. The number of carbonyl (C=O) groups excluding carboxylic acids is 2. The van der Waals surface area contributed by atoms with Crippen molar-refractivity contribution < 1.29 is 9.59 Å². The fourth-order valence-corrected chi connectivity index (χ4v) is 3.69. The van der Waals surface area contributed by atoms with Gasteiger partial charge in [0.2, 0.25) is 11.8 Å². The van der Waals surface area contributed by atoms with E-state index in [2.05, 4.69) is 10.2 Å². The quantitative estimate of drug-likeness (QED) is 0.791. The van der Waals surface area contributed by atoms with Crippen molar-refractivity contribution in [3.8, 4) is 0 Å². The van der Waals surface area contributed by atoms with Crippen LogP contribution in [0.25, 0.3) is 0 Å². The average molecular weight is 414 g/mol. The maximum absolute atomic E-state index is 12.6. The Kier molecular flexibility index (Phi) is 7.29. The highest BCUT2D eigenvalue weighted by molar-refractivity contribution is 6.30. The van der Waals surface area contributed by atoms with E-state index in [1.54, 1.807) is 0 Å². The van der Waals surface area contributed by atoms with Crippen LogP contribution in [-0.4, -0.2) is 54.3 Å². The van der Waals surface area contributed by atoms with Gasteiger partial charge in [0.05, 0.1) is 19.0 Å². The highest BCUT2D eigenvalue weighted by atomic mass is 35.5. The van der Waals surface area contributed by atoms with Crippen molar-refractivity contribution in [2.75, 3.05) is 32.7 Å². The van der Waals surface area contributed by atoms with Gasteiger partial charge in [-0.15, -0.1) is 0 Å². The second kappa shape index (κ2) is 9.90. The molecule has 1 N–H and O–H groups in total. The Labute approximate surface area is 177 Å². The molecule has 2 aromatic rings. The van der Waals surface area contributed by atoms with Gasteiger partial charge in [-0.05, 0) is 42.7 Å². The number of nitrogens with zero attached hydrogens (tertiary/aromatic N) is 2. The summed E-state index contributed by atoms with van der Waals surface area (Å²) in [6.07, 6.45) is 0.436. The molecule has 1 fully saturated rings. The Morgan fingerprint density at radius 2 is 1.69 bits per heavy atom. The number of carbonyl (C=O) groups is 2. The lowest BCUT2D eigenvalue weighted by molar-refractivity contribution is -0.132. The molecule has 0 bridgehead atoms. The van der Waals surface area contributed by atoms with Crippen LogP contribution in [0.3, 0.4) is 0 Å². The van der Waals surface area contributed by atoms with E-state index in [-0.39, 0.29) is 17.9 Å². The summed E-state index contributed by atoms with van der Waals surface area (Å²) < 4.78 is 0. The number of amides is 2. The number of hydrogen-bond acceptors (Lipinski definition) is 3. The van der Waals surface area contributed by atoms with Gasteiger partial charge in [-0.25, -0.2) is 0 Å². The smallest absolute Gasteiger partial charge is 0.234 e. The zero-order chi connectivity index (χ0) is 20.8. The molecule has 6 heteroatoms. The number of aryl methyl sites for hydroxylation is 1. The summed E-state index contributed by atoms with van der Waals surface area (Å²) in [5, 5.41) is 3.71. The van der Waals surface area contributed by atoms with Crippen molar-refractivity contribution >= 4 is 23.4 Å². The summed E-state index contributed by atoms with van der Waals surface area (Å²) in [6, 6.07) is 15.4. The second-order valence-electron chi connectivity index (χ2n) is 7.60. The Hall–Kier alpha value is -2.37. The van der Waals surface area contributed by atoms with Crippen molar-refractivity contribution in [1.29, 1.82) is 0 Å². The molecule has 3 rings (SSSR count). The third-order valence-corrected chi connectivity index (χ3v) is 5.69. The minimum Gasteiger partial charge on any atom is -0.348 e. The normalized spacial score (nSPS) is 15.8. The van der Waals surface area contributed by atoms with Crippen molar-refractivity contribution in [1.82, 2.24) is 15.1 Å². The molecule has 0 saturated carbocycles. The van der Waals surface area contributed by atoms with E-state index in [0.717, 1.165) is 16.7 Å². The number of hydrogen-bond donors (Lipinski definition) is 1. The van der Waals surface area contributed by atoms with Gasteiger partial charge in [0.25, 0.3) is 0 Å². The van der Waals surface area contributed by atoms with Crippen molar-refractivity contribution in [2.45, 2.75) is 26.3 Å². The first-order valence-corrected chi connectivity index (χ1v) is 10.4. The maximum Gasteiger partial charge on any atom is 0.234 e. The molecule has 1 unspecified atom stereocenters. The topological polar surface area (TPSA) is 52.7 Å². The third kappa shape index (κ3) is 6.05. The summed E-state index contributed by atoms with van der Waals surface area (Å²) >= 11 is 5.92. The van der Waals surface area contributed by atoms with E-state index >= 15 is 0 Å². The molecular weight excluding hydrogens is 386 g/mol. The summed E-state index contributed by atoms with van der Waals surface area (Å²) in [7, 11) is 0. The van der Waals surface area contributed by atoms with Gasteiger partial charge >= 0.3 is 0 Å². The number of piperazine rings is 1. The predicted octanol–water partition coefficient (Wildman–Crippen LogP) is 3.21. The molecule has 0 spiro atoms. The molecular formula is C23H28ClN3O2. The predicted molar refractivity (Wildman–Crippen MR) is 116 cm³/mol. The summed E-state index contributed by atoms with van der Waals surface area (Å²) in [5.74, 6) is 0.145. The van der Waals surface area contributed by atoms with E-state index in [1.165, 1.54) is 0 Å². The minimum atomic E-state index is -0.0725. The zero-order valence-corrected chi connectivity index (χ0v) is 17.8. The second-order valence-corrected chi connectivity index (χ2v) is 8.04. The molecule has 1 saturated heterocycles. The van der Waals surface area contributed by atoms with Gasteiger partial charge in [-0.2, -0.15) is 0 Å². The van der Waals surface area contributed by atoms with Crippen LogP contribution in [0.15, 0.2) is 48.5 Å². The van der Waals surface area contributed by atoms with E-state index in [1.807, 2.05) is 67.3 Å². The minimum absolute atomic E-state index is 0.00728. The first kappa shape index (κ1) is 21.3. The third-order valence-electron chi connectivity index (χ3n) is 5.44. The molecule has 1 atom stereocenters. The molecule has 2 aromatic carbocycles. The Morgan fingerprint density at radius 3 is 2.34 bits per heavy atom. The fraction of sp³-hybridized carbons (Fsp3) is 0.391. The monoisotopic (exact) mass is 413 g/mol. The lowest BCUT2D eigenvalue weighted by Crippen LogP contribution is -2.51. The molecule has 1 aliphatic heterocycles. The van der Waals surface area contributed by atoms with Gasteiger partial charge in [0, 0.05) is 31.2 Å². The van der Waals surface area contributed by atoms with Crippen LogP contribution in [0.1, 0.15) is 29.7 Å². The van der Waals surface area contributed by atoms with E-state index < -0.39 is 0 Å². The van der Waals surface area contributed by atoms with Crippen LogP contribution >= 0.6 is 11.6 Å². The highest BCUT2D eigenvalue weighted by Crippen LogP contribution is 2.16. The van der Waals surface area contributed by atoms with E-state index in [4.69, 9.17) is 11.6 Å². The van der Waals surface area contributed by atoms with E-state index in [0.29, 0.717) is 44.2 Å². The first-order valence-electron chi connectivity index (χ1n) is 10.0. The number of nitrogens with one attached hydrogen (secondary N) is 1. The number of rotatable bonds is 6. The number of benzene rings is 2. The molecule has 154 valence electrons. The lowest BCUT2D eigenvalue weighted by atomic mass is 10.1. The molecule has 2 amide bonds. The maximum atomic E-state index is 12.6. The SMILES string of the molecule is Cc1ccccc1CC(=O)N1CCN(CC(=O)NC(C)c2ccc(Cl)cc2)CC1. The Balaban J connectivity index is 1.43. The van der Waals surface area contributed by atoms with Crippen molar-refractivity contribution in [3.63, 3.8) is 0 Å². The van der Waals surface area contributed by atoms with Gasteiger partial charge in [-0.3, -0.25) is 14.5 Å². The van der Waals surface area contributed by atoms with Crippen LogP contribution in [0.5, 0.6) is 0 Å². The first-order chi connectivity index (χ1) is 13.9. The standard InChI is InChI=1S/C23H28ClN3O2/c1-17-5-3-4-6-20(17)15-23(29)27-13-11-26(12-14-27)16-22(28)25-18(2)19-7-9-21(24)10-8-19/h3-10,18H,11-16H2,1-2H3,(H,25,28). The molecule has 0 aliphatic carbocycles. The lowest BCUT2D eigenvalue weighted by Gasteiger charge is -2.34. The van der Waals surface area contributed by atoms with Gasteiger partial charge in [0.15, 0.2) is 0 Å². The van der Waals surface area contributed by atoms with Gasteiger partial charge in [0.1, 0.15) is 0 Å². The molecule has 29 heavy (non-hydrogen) atoms. The summed E-state index contributed by atoms with van der Waals surface area (Å²) in [4.78, 5) is 29.0. The average Bonchev–Trinajstić information content (AvgIpc) is 2.70. The van der Waals surface area contributed by atoms with Gasteiger partial charge in [-0.1, -0.05) is 48.0 Å². The molecule has 5 nitrogen and oxygen atoms in total. The summed E-state index contributed by atoms with van der Waals surface area (Å²) in [6.45, 7) is 7.07. The van der Waals surface area contributed by atoms with Crippen LogP contribution in [0, 0.1) is 6.92 Å². The molecule has 0 radical (unpaired) electrons. The van der Waals surface area contributed by atoms with Crippen LogP contribution < -0.4 is 5.32 Å². The summed E-state index contributed by atoms with van der Waals surface area (Å²) in [5.41, 5.74) is 3.25. The fourth-order valence-electron chi connectivity index (χ4n) is 3.56. The zero-order valence-electron chi connectivity index (χ0n) is 17.0. The largest absolute Gasteiger partial charge is 0.348 e. The molecule has 0 aromatic heterocycles. The number of halogens is 1. The highest BCUT2D eigenvalue weighted by Gasteiger charge is 2.23. The van der Waals surface area contributed by atoms with Crippen LogP contribution in [0.2, 0.25) is 5.02 Å². The van der Waals surface area contributed by atoms with E-state index in [9.17, 15) is 9.59 Å². The van der Waals surface area contributed by atoms with Crippen LogP contribution in [-0.2, 0) is 16.0 Å². The Morgan fingerprint density at radius 1 is 1.03 bits per heavy atom. The molecule has 1 heterocycles. The van der Waals surface area contributed by atoms with Crippen molar-refractivity contribution in [2.24, 2.45) is 0 Å². The Bertz CT molecular complexity index is 845.